The predicted molar refractivity (Wildman–Crippen MR) is 111 cm³/mol. The number of nitrogens with zero attached hydrogens (tertiary/aromatic N) is 1. The maximum atomic E-state index is 13.4. The number of hydrogen-bond acceptors (Lipinski definition) is 4. The highest BCUT2D eigenvalue weighted by Gasteiger charge is 2.22. The van der Waals surface area contributed by atoms with E-state index in [0.29, 0.717) is 16.8 Å². The van der Waals surface area contributed by atoms with Crippen LogP contribution in [0.3, 0.4) is 0 Å². The zero-order chi connectivity index (χ0) is 22.0. The summed E-state index contributed by atoms with van der Waals surface area (Å²) in [5, 5.41) is 8.77. The highest BCUT2D eigenvalue weighted by molar-refractivity contribution is 6.00. The lowest BCUT2D eigenvalue weighted by molar-refractivity contribution is 0.0706. The number of hydroxylamine groups is 1. The molecule has 0 radical (unpaired) electrons. The third-order valence-corrected chi connectivity index (χ3v) is 4.96. The molecule has 0 saturated heterocycles. The molecule has 0 aliphatic heterocycles. The van der Waals surface area contributed by atoms with Gasteiger partial charge >= 0.3 is 0 Å². The lowest BCUT2D eigenvalue weighted by atomic mass is 10.0. The summed E-state index contributed by atoms with van der Waals surface area (Å²) in [6.45, 7) is 0.279. The number of halogens is 1. The van der Waals surface area contributed by atoms with Gasteiger partial charge in [0, 0.05) is 23.2 Å². The Kier molecular flexibility index (Phi) is 5.38. The fourth-order valence-electron chi connectivity index (χ4n) is 3.49. The van der Waals surface area contributed by atoms with E-state index in [2.05, 4.69) is 0 Å². The van der Waals surface area contributed by atoms with Crippen LogP contribution < -0.4 is 11.2 Å². The molecule has 2 amide bonds. The number of rotatable bonds is 6. The zero-order valence-corrected chi connectivity index (χ0v) is 16.2. The van der Waals surface area contributed by atoms with Gasteiger partial charge in [-0.3, -0.25) is 14.8 Å². The summed E-state index contributed by atoms with van der Waals surface area (Å²) in [6.07, 6.45) is 3.08. The molecular formula is C23H18FN3O4. The van der Waals surface area contributed by atoms with E-state index in [0.717, 1.165) is 11.1 Å². The molecule has 7 nitrogen and oxygen atoms in total. The average molecular weight is 419 g/mol. The highest BCUT2D eigenvalue weighted by atomic mass is 19.1. The lowest BCUT2D eigenvalue weighted by Crippen LogP contribution is -2.19. The van der Waals surface area contributed by atoms with Gasteiger partial charge in [-0.2, -0.15) is 0 Å². The van der Waals surface area contributed by atoms with E-state index in [4.69, 9.17) is 15.4 Å². The molecule has 0 atom stereocenters. The van der Waals surface area contributed by atoms with E-state index >= 15 is 0 Å². The fraction of sp³-hybridized carbons (Fsp3) is 0.0435. The molecule has 4 N–H and O–H groups in total. The van der Waals surface area contributed by atoms with E-state index in [9.17, 15) is 14.0 Å². The number of hydrogen-bond donors (Lipinski definition) is 3. The molecular weight excluding hydrogens is 401 g/mol. The molecule has 4 aromatic rings. The first-order chi connectivity index (χ1) is 15.0. The maximum Gasteiger partial charge on any atom is 0.274 e. The van der Waals surface area contributed by atoms with Crippen molar-refractivity contribution in [2.24, 2.45) is 5.73 Å². The van der Waals surface area contributed by atoms with Crippen LogP contribution >= 0.6 is 0 Å². The van der Waals surface area contributed by atoms with Gasteiger partial charge in [-0.25, -0.2) is 9.87 Å². The third kappa shape index (κ3) is 3.96. The molecule has 31 heavy (non-hydrogen) atoms. The van der Waals surface area contributed by atoms with Crippen LogP contribution in [0, 0.1) is 5.82 Å². The average Bonchev–Trinajstić information content (AvgIpc) is 3.42. The Balaban J connectivity index is 1.84. The summed E-state index contributed by atoms with van der Waals surface area (Å²) in [4.78, 5) is 24.0. The van der Waals surface area contributed by atoms with Gasteiger partial charge in [-0.05, 0) is 47.5 Å². The van der Waals surface area contributed by atoms with Gasteiger partial charge in [0.25, 0.3) is 11.8 Å². The van der Waals surface area contributed by atoms with Crippen molar-refractivity contribution in [3.8, 4) is 22.4 Å². The number of furan rings is 1. The van der Waals surface area contributed by atoms with Crippen molar-refractivity contribution in [2.75, 3.05) is 0 Å². The first-order valence-electron chi connectivity index (χ1n) is 9.33. The minimum absolute atomic E-state index is 0.264. The van der Waals surface area contributed by atoms with Crippen LogP contribution in [0.25, 0.3) is 22.4 Å². The van der Waals surface area contributed by atoms with Crippen molar-refractivity contribution < 1.29 is 23.6 Å². The molecule has 0 spiro atoms. The zero-order valence-electron chi connectivity index (χ0n) is 16.2. The molecule has 0 fully saturated rings. The standard InChI is InChI=1S/C23H18FN3O4/c24-18-7-5-15(6-8-18)19-11-20(17-9-10-31-13-17)27(21(19)22(25)28)12-14-1-3-16(4-2-14)23(29)26-30/h1-11,13,30H,12H2,(H2,25,28)(H,26,29). The Morgan fingerprint density at radius 3 is 2.32 bits per heavy atom. The van der Waals surface area contributed by atoms with Crippen LogP contribution in [0.1, 0.15) is 26.4 Å². The van der Waals surface area contributed by atoms with Crippen molar-refractivity contribution in [3.63, 3.8) is 0 Å². The smallest absolute Gasteiger partial charge is 0.274 e. The number of amides is 2. The molecule has 0 bridgehead atoms. The second-order valence-corrected chi connectivity index (χ2v) is 6.90. The number of primary amides is 1. The van der Waals surface area contributed by atoms with Gasteiger partial charge in [0.05, 0.1) is 18.2 Å². The van der Waals surface area contributed by atoms with Crippen LogP contribution in [-0.2, 0) is 6.54 Å². The maximum absolute atomic E-state index is 13.4. The van der Waals surface area contributed by atoms with E-state index < -0.39 is 11.8 Å². The van der Waals surface area contributed by atoms with E-state index in [1.807, 2.05) is 6.07 Å². The monoisotopic (exact) mass is 419 g/mol. The van der Waals surface area contributed by atoms with Gasteiger partial charge in [0.2, 0.25) is 0 Å². The number of carbonyl (C=O) groups is 2. The quantitative estimate of drug-likeness (QED) is 0.326. The largest absolute Gasteiger partial charge is 0.472 e. The second-order valence-electron chi connectivity index (χ2n) is 6.90. The van der Waals surface area contributed by atoms with Crippen molar-refractivity contribution in [3.05, 3.63) is 95.8 Å². The molecule has 0 unspecified atom stereocenters. The van der Waals surface area contributed by atoms with Crippen LogP contribution in [0.2, 0.25) is 0 Å². The van der Waals surface area contributed by atoms with Crippen molar-refractivity contribution in [1.29, 1.82) is 0 Å². The summed E-state index contributed by atoms with van der Waals surface area (Å²) >= 11 is 0. The Bertz CT molecular complexity index is 1230. The Morgan fingerprint density at radius 2 is 1.74 bits per heavy atom. The topological polar surface area (TPSA) is 110 Å². The normalized spacial score (nSPS) is 10.8. The minimum Gasteiger partial charge on any atom is -0.472 e. The first kappa shape index (κ1) is 20.1. The molecule has 2 aromatic carbocycles. The van der Waals surface area contributed by atoms with Gasteiger partial charge in [-0.1, -0.05) is 24.3 Å². The Hall–Kier alpha value is -4.17. The number of nitrogens with one attached hydrogen (secondary N) is 1. The van der Waals surface area contributed by atoms with Crippen LogP contribution in [0.15, 0.2) is 77.6 Å². The fourth-order valence-corrected chi connectivity index (χ4v) is 3.49. The second kappa shape index (κ2) is 8.29. The summed E-state index contributed by atoms with van der Waals surface area (Å²) in [7, 11) is 0. The predicted octanol–water partition coefficient (Wildman–Crippen LogP) is 3.82. The number of carbonyl (C=O) groups excluding carboxylic acids is 2. The molecule has 4 rings (SSSR count). The van der Waals surface area contributed by atoms with Crippen LogP contribution in [-0.4, -0.2) is 21.6 Å². The molecule has 0 aliphatic rings. The Labute approximate surface area is 176 Å². The van der Waals surface area contributed by atoms with Gasteiger partial charge < -0.3 is 14.7 Å². The van der Waals surface area contributed by atoms with E-state index in [1.165, 1.54) is 18.4 Å². The molecule has 156 valence electrons. The highest BCUT2D eigenvalue weighted by Crippen LogP contribution is 2.34. The summed E-state index contributed by atoms with van der Waals surface area (Å²) in [5.41, 5.74) is 11.3. The molecule has 2 heterocycles. The van der Waals surface area contributed by atoms with Gasteiger partial charge in [-0.15, -0.1) is 0 Å². The summed E-state index contributed by atoms with van der Waals surface area (Å²) < 4.78 is 20.4. The Morgan fingerprint density at radius 1 is 1.03 bits per heavy atom. The van der Waals surface area contributed by atoms with E-state index in [1.54, 1.807) is 58.8 Å². The third-order valence-electron chi connectivity index (χ3n) is 4.96. The number of nitrogens with two attached hydrogens (primary N) is 1. The first-order valence-corrected chi connectivity index (χ1v) is 9.33. The lowest BCUT2D eigenvalue weighted by Gasteiger charge is -2.13. The van der Waals surface area contributed by atoms with Crippen molar-refractivity contribution in [2.45, 2.75) is 6.54 Å². The summed E-state index contributed by atoms with van der Waals surface area (Å²) in [6, 6.07) is 15.9. The van der Waals surface area contributed by atoms with Crippen LogP contribution in [0.4, 0.5) is 4.39 Å². The number of benzene rings is 2. The van der Waals surface area contributed by atoms with Gasteiger partial charge in [0.15, 0.2) is 0 Å². The van der Waals surface area contributed by atoms with E-state index in [-0.39, 0.29) is 23.6 Å². The summed E-state index contributed by atoms with van der Waals surface area (Å²) in [5.74, 6) is -1.64. The minimum atomic E-state index is -0.634. The number of aromatic nitrogens is 1. The molecule has 0 saturated carbocycles. The molecule has 2 aromatic heterocycles. The SMILES string of the molecule is NC(=O)c1c(-c2ccc(F)cc2)cc(-c2ccoc2)n1Cc1ccc(C(=O)NO)cc1. The molecule has 8 heteroatoms. The van der Waals surface area contributed by atoms with Crippen molar-refractivity contribution in [1.82, 2.24) is 10.0 Å². The molecule has 0 aliphatic carbocycles. The van der Waals surface area contributed by atoms with Crippen molar-refractivity contribution >= 4 is 11.8 Å². The van der Waals surface area contributed by atoms with Crippen LogP contribution in [0.5, 0.6) is 0 Å². The van der Waals surface area contributed by atoms with Gasteiger partial charge in [0.1, 0.15) is 11.5 Å².